The van der Waals surface area contributed by atoms with Crippen LogP contribution in [0.25, 0.3) is 0 Å². The van der Waals surface area contributed by atoms with Gasteiger partial charge < -0.3 is 15.3 Å². The highest BCUT2D eigenvalue weighted by Crippen LogP contribution is 2.22. The van der Waals surface area contributed by atoms with Gasteiger partial charge in [-0.05, 0) is 22.9 Å². The van der Waals surface area contributed by atoms with E-state index in [4.69, 9.17) is 5.11 Å². The zero-order valence-corrected chi connectivity index (χ0v) is 11.9. The third kappa shape index (κ3) is 2.73. The van der Waals surface area contributed by atoms with Crippen molar-refractivity contribution in [3.05, 3.63) is 21.0 Å². The van der Waals surface area contributed by atoms with E-state index in [0.717, 1.165) is 25.3 Å². The summed E-state index contributed by atoms with van der Waals surface area (Å²) in [5, 5.41) is 16.3. The zero-order chi connectivity index (χ0) is 13.1. The Morgan fingerprint density at radius 3 is 3.11 bits per heavy atom. The van der Waals surface area contributed by atoms with Crippen LogP contribution in [0, 0.1) is 0 Å². The Hall–Kier alpha value is -0.920. The maximum atomic E-state index is 12.0. The van der Waals surface area contributed by atoms with Crippen LogP contribution in [0.3, 0.4) is 0 Å². The molecule has 2 heterocycles. The van der Waals surface area contributed by atoms with Crippen LogP contribution < -0.4 is 15.8 Å². The second-order valence-electron chi connectivity index (χ2n) is 4.40. The van der Waals surface area contributed by atoms with Gasteiger partial charge in [0.2, 0.25) is 0 Å². The van der Waals surface area contributed by atoms with Crippen molar-refractivity contribution in [3.63, 3.8) is 0 Å². The third-order valence-electron chi connectivity index (χ3n) is 2.99. The summed E-state index contributed by atoms with van der Waals surface area (Å²) in [6.45, 7) is 4.84. The summed E-state index contributed by atoms with van der Waals surface area (Å²) in [4.78, 5) is 14.1. The van der Waals surface area contributed by atoms with E-state index in [0.29, 0.717) is 10.5 Å². The summed E-state index contributed by atoms with van der Waals surface area (Å²) in [6, 6.07) is 0.394. The van der Waals surface area contributed by atoms with Crippen LogP contribution in [0.2, 0.25) is 0 Å². The van der Waals surface area contributed by atoms with Gasteiger partial charge in [-0.1, -0.05) is 0 Å². The molecule has 1 aromatic rings. The largest absolute Gasteiger partial charge is 0.394 e. The number of rotatable bonds is 3. The molecule has 1 aliphatic rings. The molecule has 100 valence electrons. The summed E-state index contributed by atoms with van der Waals surface area (Å²) >= 11 is 3.34. The second kappa shape index (κ2) is 5.81. The SMILES string of the molecule is C[C@@H]1CN(c2cnn(CCO)c(=O)c2Br)CCN1. The lowest BCUT2D eigenvalue weighted by Crippen LogP contribution is -2.49. The van der Waals surface area contributed by atoms with E-state index >= 15 is 0 Å². The van der Waals surface area contributed by atoms with E-state index in [1.165, 1.54) is 4.68 Å². The summed E-state index contributed by atoms with van der Waals surface area (Å²) in [7, 11) is 0. The van der Waals surface area contributed by atoms with Gasteiger partial charge in [0, 0.05) is 25.7 Å². The first kappa shape index (κ1) is 13.5. The highest BCUT2D eigenvalue weighted by atomic mass is 79.9. The van der Waals surface area contributed by atoms with Crippen LogP contribution in [-0.2, 0) is 6.54 Å². The van der Waals surface area contributed by atoms with E-state index in [9.17, 15) is 4.79 Å². The third-order valence-corrected chi connectivity index (χ3v) is 3.73. The molecule has 0 bridgehead atoms. The summed E-state index contributed by atoms with van der Waals surface area (Å²) in [6.07, 6.45) is 1.68. The van der Waals surface area contributed by atoms with E-state index < -0.39 is 0 Å². The first-order valence-electron chi connectivity index (χ1n) is 5.98. The fourth-order valence-electron chi connectivity index (χ4n) is 2.08. The molecule has 18 heavy (non-hydrogen) atoms. The molecule has 1 fully saturated rings. The van der Waals surface area contributed by atoms with Crippen LogP contribution in [0.1, 0.15) is 6.92 Å². The smallest absolute Gasteiger partial charge is 0.283 e. The van der Waals surface area contributed by atoms with Crippen molar-refractivity contribution < 1.29 is 5.11 Å². The molecule has 0 radical (unpaired) electrons. The molecule has 0 unspecified atom stereocenters. The number of piperazine rings is 1. The Morgan fingerprint density at radius 1 is 1.67 bits per heavy atom. The first-order chi connectivity index (χ1) is 8.63. The Kier molecular flexibility index (Phi) is 4.36. The standard InChI is InChI=1S/C11H17BrN4O2/c1-8-7-15(3-2-13-8)9-6-14-16(4-5-17)11(18)10(9)12/h6,8,13,17H,2-5,7H2,1H3/t8-/m1/s1. The van der Waals surface area contributed by atoms with Crippen molar-refractivity contribution in [2.45, 2.75) is 19.5 Å². The number of hydrogen-bond donors (Lipinski definition) is 2. The number of halogens is 1. The number of hydrogen-bond acceptors (Lipinski definition) is 5. The van der Waals surface area contributed by atoms with Crippen LogP contribution in [-0.4, -0.2) is 47.2 Å². The minimum atomic E-state index is -0.201. The molecule has 2 rings (SSSR count). The molecule has 2 N–H and O–H groups in total. The van der Waals surface area contributed by atoms with Gasteiger partial charge in [0.1, 0.15) is 4.47 Å². The fourth-order valence-corrected chi connectivity index (χ4v) is 2.64. The molecular formula is C11H17BrN4O2. The highest BCUT2D eigenvalue weighted by molar-refractivity contribution is 9.10. The van der Waals surface area contributed by atoms with Crippen LogP contribution >= 0.6 is 15.9 Å². The maximum Gasteiger partial charge on any atom is 0.283 e. The molecule has 1 atom stereocenters. The molecular weight excluding hydrogens is 300 g/mol. The Morgan fingerprint density at radius 2 is 2.44 bits per heavy atom. The number of aromatic nitrogens is 2. The maximum absolute atomic E-state index is 12.0. The molecule has 1 aromatic heterocycles. The van der Waals surface area contributed by atoms with Gasteiger partial charge in [-0.25, -0.2) is 4.68 Å². The van der Waals surface area contributed by atoms with Crippen LogP contribution in [0.5, 0.6) is 0 Å². The van der Waals surface area contributed by atoms with Gasteiger partial charge in [-0.3, -0.25) is 4.79 Å². The van der Waals surface area contributed by atoms with Crippen molar-refractivity contribution in [2.75, 3.05) is 31.1 Å². The minimum Gasteiger partial charge on any atom is -0.394 e. The normalized spacial score (nSPS) is 20.2. The number of nitrogens with one attached hydrogen (secondary N) is 1. The molecule has 0 spiro atoms. The Bertz CT molecular complexity index is 477. The van der Waals surface area contributed by atoms with E-state index in [1.807, 2.05) is 0 Å². The molecule has 7 heteroatoms. The number of aliphatic hydroxyl groups is 1. The fraction of sp³-hybridized carbons (Fsp3) is 0.636. The van der Waals surface area contributed by atoms with Crippen molar-refractivity contribution in [1.82, 2.24) is 15.1 Å². The quantitative estimate of drug-likeness (QED) is 0.808. The first-order valence-corrected chi connectivity index (χ1v) is 6.77. The Balaban J connectivity index is 2.29. The molecule has 0 aromatic carbocycles. The lowest BCUT2D eigenvalue weighted by Gasteiger charge is -2.33. The molecule has 6 nitrogen and oxygen atoms in total. The molecule has 1 aliphatic heterocycles. The Labute approximate surface area is 114 Å². The van der Waals surface area contributed by atoms with Gasteiger partial charge in [-0.15, -0.1) is 0 Å². The van der Waals surface area contributed by atoms with Crippen molar-refractivity contribution in [1.29, 1.82) is 0 Å². The minimum absolute atomic E-state index is 0.0939. The summed E-state index contributed by atoms with van der Waals surface area (Å²) in [5.74, 6) is 0. The van der Waals surface area contributed by atoms with Crippen LogP contribution in [0.15, 0.2) is 15.5 Å². The van der Waals surface area contributed by atoms with E-state index in [1.54, 1.807) is 6.20 Å². The lowest BCUT2D eigenvalue weighted by molar-refractivity contribution is 0.266. The second-order valence-corrected chi connectivity index (χ2v) is 5.19. The number of nitrogens with zero attached hydrogens (tertiary/aromatic N) is 3. The van der Waals surface area contributed by atoms with Gasteiger partial charge in [0.15, 0.2) is 0 Å². The van der Waals surface area contributed by atoms with Gasteiger partial charge >= 0.3 is 0 Å². The molecule has 1 saturated heterocycles. The highest BCUT2D eigenvalue weighted by Gasteiger charge is 2.20. The molecule has 0 aliphatic carbocycles. The number of anilines is 1. The van der Waals surface area contributed by atoms with Gasteiger partial charge in [0.25, 0.3) is 5.56 Å². The molecule has 0 saturated carbocycles. The van der Waals surface area contributed by atoms with Crippen molar-refractivity contribution in [2.24, 2.45) is 0 Å². The summed E-state index contributed by atoms with van der Waals surface area (Å²) in [5.41, 5.74) is 0.621. The van der Waals surface area contributed by atoms with Crippen molar-refractivity contribution >= 4 is 21.6 Å². The predicted octanol–water partition coefficient (Wildman–Crippen LogP) is -0.204. The zero-order valence-electron chi connectivity index (χ0n) is 10.3. The molecule has 0 amide bonds. The summed E-state index contributed by atoms with van der Waals surface area (Å²) < 4.78 is 1.78. The van der Waals surface area contributed by atoms with Gasteiger partial charge in [-0.2, -0.15) is 5.10 Å². The topological polar surface area (TPSA) is 70.4 Å². The van der Waals surface area contributed by atoms with E-state index in [2.05, 4.69) is 38.2 Å². The average molecular weight is 317 g/mol. The monoisotopic (exact) mass is 316 g/mol. The average Bonchev–Trinajstić information content (AvgIpc) is 2.35. The van der Waals surface area contributed by atoms with Crippen LogP contribution in [0.4, 0.5) is 5.69 Å². The lowest BCUT2D eigenvalue weighted by atomic mass is 10.2. The van der Waals surface area contributed by atoms with E-state index in [-0.39, 0.29) is 18.7 Å². The number of aliphatic hydroxyl groups excluding tert-OH is 1. The van der Waals surface area contributed by atoms with Crippen molar-refractivity contribution in [3.8, 4) is 0 Å². The van der Waals surface area contributed by atoms with Gasteiger partial charge in [0.05, 0.1) is 25.0 Å². The predicted molar refractivity (Wildman–Crippen MR) is 73.0 cm³/mol.